The number of nitrogens with one attached hydrogen (secondary N) is 1. The average Bonchev–Trinajstić information content (AvgIpc) is 3.84. The summed E-state index contributed by atoms with van der Waals surface area (Å²) in [5.74, 6) is 0.761. The van der Waals surface area contributed by atoms with Crippen molar-refractivity contribution in [3.8, 4) is 17.1 Å². The van der Waals surface area contributed by atoms with Crippen LogP contribution in [0.25, 0.3) is 22.2 Å². The first-order valence-corrected chi connectivity index (χ1v) is 16.9. The second kappa shape index (κ2) is 12.1. The number of pyridine rings is 1. The summed E-state index contributed by atoms with van der Waals surface area (Å²) >= 11 is 0. The van der Waals surface area contributed by atoms with Gasteiger partial charge in [-0.2, -0.15) is 5.10 Å². The highest BCUT2D eigenvalue weighted by Gasteiger charge is 2.49. The molecule has 2 fully saturated rings. The number of carbonyl (C=O) groups excluding carboxylic acids is 1. The molecule has 2 saturated heterocycles. The number of nitrogens with zero attached hydrogens (tertiary/aromatic N) is 4. The Kier molecular flexibility index (Phi) is 7.57. The van der Waals surface area contributed by atoms with Crippen LogP contribution >= 0.6 is 0 Å². The van der Waals surface area contributed by atoms with Gasteiger partial charge in [0.1, 0.15) is 11.2 Å². The van der Waals surface area contributed by atoms with E-state index < -0.39 is 5.54 Å². The lowest BCUT2D eigenvalue weighted by molar-refractivity contribution is -0.124. The number of hydrogen-bond donors (Lipinski definition) is 1. The Labute approximate surface area is 281 Å². The van der Waals surface area contributed by atoms with E-state index in [2.05, 4.69) is 124 Å². The number of aromatic nitrogens is 3. The van der Waals surface area contributed by atoms with Crippen LogP contribution in [-0.4, -0.2) is 46.4 Å². The van der Waals surface area contributed by atoms with Gasteiger partial charge >= 0.3 is 0 Å². The number of anilines is 1. The lowest BCUT2D eigenvalue weighted by Crippen LogP contribution is -2.38. The molecule has 7 heteroatoms. The van der Waals surface area contributed by atoms with Gasteiger partial charge in [-0.15, -0.1) is 0 Å². The van der Waals surface area contributed by atoms with E-state index in [0.717, 1.165) is 70.5 Å². The zero-order valence-corrected chi connectivity index (χ0v) is 27.3. The molecule has 48 heavy (non-hydrogen) atoms. The first-order chi connectivity index (χ1) is 23.5. The normalized spacial score (nSPS) is 18.0. The predicted octanol–water partition coefficient (Wildman–Crippen LogP) is 7.44. The predicted molar refractivity (Wildman–Crippen MR) is 190 cm³/mol. The van der Waals surface area contributed by atoms with Gasteiger partial charge in [0, 0.05) is 42.0 Å². The lowest BCUT2D eigenvalue weighted by Gasteiger charge is -2.37. The van der Waals surface area contributed by atoms with Crippen molar-refractivity contribution in [1.29, 1.82) is 0 Å². The highest BCUT2D eigenvalue weighted by Crippen LogP contribution is 2.46. The van der Waals surface area contributed by atoms with Gasteiger partial charge in [0.15, 0.2) is 0 Å². The first kappa shape index (κ1) is 30.1. The summed E-state index contributed by atoms with van der Waals surface area (Å²) < 4.78 is 8.22. The summed E-state index contributed by atoms with van der Waals surface area (Å²) in [6.07, 6.45) is 3.51. The van der Waals surface area contributed by atoms with E-state index in [1.54, 1.807) is 6.20 Å². The number of fused-ring (bicyclic) bond motifs is 1. The molecule has 240 valence electrons. The van der Waals surface area contributed by atoms with E-state index in [1.807, 2.05) is 30.9 Å². The summed E-state index contributed by atoms with van der Waals surface area (Å²) in [4.78, 5) is 20.4. The fourth-order valence-corrected chi connectivity index (χ4v) is 7.72. The molecule has 7 nitrogen and oxygen atoms in total. The molecule has 6 aromatic rings. The van der Waals surface area contributed by atoms with Gasteiger partial charge < -0.3 is 15.0 Å². The molecule has 0 bridgehead atoms. The molecule has 0 saturated carbocycles. The molecule has 0 aliphatic carbocycles. The molecule has 2 aromatic heterocycles. The molecule has 1 N–H and O–H groups in total. The Balaban J connectivity index is 1.42. The fourth-order valence-electron chi connectivity index (χ4n) is 7.72. The standard InChI is InChI=1S/C41H39N5O2/c1-29(2)48-37-26-30(20-23-43-37)38-35-27-34(45-25-22-40(39(45)47)21-24-42-28-40)18-19-36(35)46(44-38)41(31-12-6-3-7-13-31,32-14-8-4-9-15-32)33-16-10-5-11-17-33/h3-20,23,26-27,29,42H,21-22,24-25,28H2,1-2H3/t40-/m0/s1. The van der Waals surface area contributed by atoms with Crippen molar-refractivity contribution in [2.75, 3.05) is 24.5 Å². The molecule has 0 radical (unpaired) electrons. The fraction of sp³-hybridized carbons (Fsp3) is 0.244. The second-order valence-corrected chi connectivity index (χ2v) is 13.2. The molecule has 2 aliphatic heterocycles. The van der Waals surface area contributed by atoms with E-state index in [4.69, 9.17) is 9.84 Å². The van der Waals surface area contributed by atoms with Crippen molar-refractivity contribution < 1.29 is 9.53 Å². The lowest BCUT2D eigenvalue weighted by atomic mass is 9.77. The molecule has 1 amide bonds. The third-order valence-corrected chi connectivity index (χ3v) is 9.99. The van der Waals surface area contributed by atoms with Crippen LogP contribution in [0.2, 0.25) is 0 Å². The van der Waals surface area contributed by atoms with Crippen LogP contribution in [0.15, 0.2) is 128 Å². The zero-order valence-electron chi connectivity index (χ0n) is 27.3. The number of hydrogen-bond acceptors (Lipinski definition) is 5. The molecule has 8 rings (SSSR count). The highest BCUT2D eigenvalue weighted by atomic mass is 16.5. The van der Waals surface area contributed by atoms with E-state index in [-0.39, 0.29) is 17.4 Å². The molecule has 4 aromatic carbocycles. The number of carbonyl (C=O) groups is 1. The van der Waals surface area contributed by atoms with Crippen LogP contribution in [0.1, 0.15) is 43.4 Å². The first-order valence-electron chi connectivity index (χ1n) is 16.9. The van der Waals surface area contributed by atoms with E-state index in [1.165, 1.54) is 0 Å². The van der Waals surface area contributed by atoms with Crippen LogP contribution in [-0.2, 0) is 10.3 Å². The van der Waals surface area contributed by atoms with Crippen molar-refractivity contribution in [3.05, 3.63) is 144 Å². The molecular formula is C41H39N5O2. The molecule has 1 atom stereocenters. The van der Waals surface area contributed by atoms with Gasteiger partial charge in [-0.3, -0.25) is 4.79 Å². The second-order valence-electron chi connectivity index (χ2n) is 13.2. The Morgan fingerprint density at radius 3 is 2.04 bits per heavy atom. The third kappa shape index (κ3) is 4.88. The summed E-state index contributed by atoms with van der Waals surface area (Å²) in [5.41, 5.74) is 5.71. The molecule has 0 unspecified atom stereocenters. The average molecular weight is 634 g/mol. The van der Waals surface area contributed by atoms with Gasteiger partial charge in [-0.1, -0.05) is 91.0 Å². The van der Waals surface area contributed by atoms with Gasteiger partial charge in [-0.25, -0.2) is 9.67 Å². The molecule has 1 spiro atoms. The van der Waals surface area contributed by atoms with Crippen LogP contribution in [0.3, 0.4) is 0 Å². The number of rotatable bonds is 8. The minimum absolute atomic E-state index is 0.0193. The SMILES string of the molecule is CC(C)Oc1cc(-c2nn(C(c3ccccc3)(c3ccccc3)c3ccccc3)c3ccc(N4CC[C@]5(CCNC5)C4=O)cc23)ccn1. The van der Waals surface area contributed by atoms with E-state index in [0.29, 0.717) is 12.4 Å². The van der Waals surface area contributed by atoms with Crippen LogP contribution in [0.4, 0.5) is 5.69 Å². The largest absolute Gasteiger partial charge is 0.475 e. The topological polar surface area (TPSA) is 72.3 Å². The molecule has 4 heterocycles. The maximum absolute atomic E-state index is 13.9. The van der Waals surface area contributed by atoms with Gasteiger partial charge in [0.2, 0.25) is 11.8 Å². The Morgan fingerprint density at radius 2 is 1.46 bits per heavy atom. The number of amides is 1. The Bertz CT molecular complexity index is 1970. The number of ether oxygens (including phenoxy) is 1. The van der Waals surface area contributed by atoms with E-state index in [9.17, 15) is 4.79 Å². The minimum Gasteiger partial charge on any atom is -0.475 e. The maximum atomic E-state index is 13.9. The van der Waals surface area contributed by atoms with Gasteiger partial charge in [0.05, 0.1) is 17.0 Å². The Morgan fingerprint density at radius 1 is 0.812 bits per heavy atom. The van der Waals surface area contributed by atoms with Gasteiger partial charge in [0.25, 0.3) is 0 Å². The van der Waals surface area contributed by atoms with Crippen molar-refractivity contribution >= 4 is 22.5 Å². The summed E-state index contributed by atoms with van der Waals surface area (Å²) in [5, 5.41) is 9.94. The van der Waals surface area contributed by atoms with Gasteiger partial charge in [-0.05, 0) is 74.2 Å². The monoisotopic (exact) mass is 633 g/mol. The number of benzene rings is 4. The van der Waals surface area contributed by atoms with Crippen LogP contribution in [0, 0.1) is 5.41 Å². The van der Waals surface area contributed by atoms with Crippen molar-refractivity contribution in [2.45, 2.75) is 38.3 Å². The summed E-state index contributed by atoms with van der Waals surface area (Å²) in [7, 11) is 0. The third-order valence-electron chi connectivity index (χ3n) is 9.99. The van der Waals surface area contributed by atoms with Crippen LogP contribution < -0.4 is 15.0 Å². The smallest absolute Gasteiger partial charge is 0.234 e. The van der Waals surface area contributed by atoms with Crippen molar-refractivity contribution in [1.82, 2.24) is 20.1 Å². The highest BCUT2D eigenvalue weighted by molar-refractivity contribution is 6.03. The summed E-state index contributed by atoms with van der Waals surface area (Å²) in [6.45, 7) is 6.34. The summed E-state index contributed by atoms with van der Waals surface area (Å²) in [6, 6.07) is 42.1. The molecular weight excluding hydrogens is 594 g/mol. The minimum atomic E-state index is -0.810. The quantitative estimate of drug-likeness (QED) is 0.177. The maximum Gasteiger partial charge on any atom is 0.234 e. The molecule has 2 aliphatic rings. The zero-order chi connectivity index (χ0) is 32.7. The van der Waals surface area contributed by atoms with Crippen LogP contribution in [0.5, 0.6) is 5.88 Å². The van der Waals surface area contributed by atoms with E-state index >= 15 is 0 Å². The Hall–Kier alpha value is -5.27. The van der Waals surface area contributed by atoms with Crippen molar-refractivity contribution in [2.24, 2.45) is 5.41 Å². The van der Waals surface area contributed by atoms with Crippen molar-refractivity contribution in [3.63, 3.8) is 0 Å².